The molecule has 1 nitrogen and oxygen atoms in total. The van der Waals surface area contributed by atoms with Crippen LogP contribution in [0.5, 0.6) is 0 Å². The van der Waals surface area contributed by atoms with E-state index in [9.17, 15) is 0 Å². The lowest BCUT2D eigenvalue weighted by atomic mass is 9.96. The monoisotopic (exact) mass is 231 g/mol. The Morgan fingerprint density at radius 3 is 2.41 bits per heavy atom. The van der Waals surface area contributed by atoms with Gasteiger partial charge in [-0.25, -0.2) is 0 Å². The van der Waals surface area contributed by atoms with Crippen LogP contribution >= 0.6 is 0 Å². The second-order valence-electron chi connectivity index (χ2n) is 6.12. The van der Waals surface area contributed by atoms with E-state index in [1.165, 1.54) is 29.5 Å². The molecule has 1 aliphatic rings. The topological polar surface area (TPSA) is 12.0 Å². The summed E-state index contributed by atoms with van der Waals surface area (Å²) < 4.78 is 0. The molecule has 1 fully saturated rings. The zero-order valence-corrected chi connectivity index (χ0v) is 11.8. The Morgan fingerprint density at radius 1 is 1.18 bits per heavy atom. The molecule has 2 rings (SSSR count). The summed E-state index contributed by atoms with van der Waals surface area (Å²) in [5.41, 5.74) is 4.74. The first-order valence-corrected chi connectivity index (χ1v) is 6.75. The molecular weight excluding hydrogens is 206 g/mol. The smallest absolute Gasteiger partial charge is 0.0297 e. The maximum Gasteiger partial charge on any atom is 0.0297 e. The van der Waals surface area contributed by atoms with Gasteiger partial charge < -0.3 is 5.32 Å². The summed E-state index contributed by atoms with van der Waals surface area (Å²) in [4.78, 5) is 0. The molecule has 0 radical (unpaired) electrons. The van der Waals surface area contributed by atoms with E-state index in [1.807, 2.05) is 0 Å². The fraction of sp³-hybridized carbons (Fsp3) is 0.625. The van der Waals surface area contributed by atoms with Gasteiger partial charge in [-0.05, 0) is 57.1 Å². The van der Waals surface area contributed by atoms with Gasteiger partial charge >= 0.3 is 0 Å². The van der Waals surface area contributed by atoms with E-state index in [0.29, 0.717) is 17.5 Å². The van der Waals surface area contributed by atoms with Crippen LogP contribution in [-0.4, -0.2) is 6.04 Å². The Balaban J connectivity index is 2.08. The summed E-state index contributed by atoms with van der Waals surface area (Å²) in [7, 11) is 0. The Bertz CT molecular complexity index is 404. The number of nitrogens with one attached hydrogen (secondary N) is 1. The van der Waals surface area contributed by atoms with Crippen LogP contribution < -0.4 is 5.32 Å². The summed E-state index contributed by atoms with van der Waals surface area (Å²) >= 11 is 0. The number of aryl methyl sites for hydroxylation is 2. The van der Waals surface area contributed by atoms with Crippen molar-refractivity contribution in [3.05, 3.63) is 34.9 Å². The highest BCUT2D eigenvalue weighted by molar-refractivity contribution is 5.32. The van der Waals surface area contributed by atoms with Crippen LogP contribution in [0.4, 0.5) is 0 Å². The average Bonchev–Trinajstić information content (AvgIpc) is 3.01. The van der Waals surface area contributed by atoms with Crippen LogP contribution in [0.25, 0.3) is 0 Å². The summed E-state index contributed by atoms with van der Waals surface area (Å²) in [5, 5.41) is 3.77. The number of hydrogen-bond acceptors (Lipinski definition) is 1. The second-order valence-corrected chi connectivity index (χ2v) is 6.12. The quantitative estimate of drug-likeness (QED) is 0.821. The SMILES string of the molecule is Cc1ccc(C)c(C(C)NC(C)C2(C)CC2)c1. The van der Waals surface area contributed by atoms with Gasteiger partial charge in [0.05, 0.1) is 0 Å². The highest BCUT2D eigenvalue weighted by Crippen LogP contribution is 2.48. The van der Waals surface area contributed by atoms with Crippen LogP contribution in [0.3, 0.4) is 0 Å². The van der Waals surface area contributed by atoms with Gasteiger partial charge in [0.15, 0.2) is 0 Å². The van der Waals surface area contributed by atoms with Crippen LogP contribution in [0.15, 0.2) is 18.2 Å². The van der Waals surface area contributed by atoms with Crippen molar-refractivity contribution in [2.45, 2.75) is 59.5 Å². The van der Waals surface area contributed by atoms with Crippen LogP contribution in [0, 0.1) is 19.3 Å². The summed E-state index contributed by atoms with van der Waals surface area (Å²) in [6.45, 7) is 11.4. The van der Waals surface area contributed by atoms with Gasteiger partial charge in [0.1, 0.15) is 0 Å². The molecule has 1 saturated carbocycles. The molecule has 2 atom stereocenters. The fourth-order valence-electron chi connectivity index (χ4n) is 2.52. The zero-order chi connectivity index (χ0) is 12.6. The molecule has 0 spiro atoms. The third-order valence-electron chi connectivity index (χ3n) is 4.49. The van der Waals surface area contributed by atoms with Gasteiger partial charge in [-0.15, -0.1) is 0 Å². The largest absolute Gasteiger partial charge is 0.307 e. The lowest BCUT2D eigenvalue weighted by Gasteiger charge is -2.26. The molecule has 0 bridgehead atoms. The van der Waals surface area contributed by atoms with E-state index >= 15 is 0 Å². The predicted molar refractivity (Wildman–Crippen MR) is 74.3 cm³/mol. The minimum Gasteiger partial charge on any atom is -0.307 e. The molecule has 1 aliphatic carbocycles. The Kier molecular flexibility index (Phi) is 3.31. The standard InChI is InChI=1S/C16H25N/c1-11-6-7-12(2)15(10-11)13(3)17-14(4)16(5)8-9-16/h6-7,10,13-14,17H,8-9H2,1-5H3. The van der Waals surface area contributed by atoms with Crippen molar-refractivity contribution in [3.8, 4) is 0 Å². The molecule has 0 aromatic heterocycles. The van der Waals surface area contributed by atoms with Gasteiger partial charge in [-0.2, -0.15) is 0 Å². The third-order valence-corrected chi connectivity index (χ3v) is 4.49. The molecule has 1 N–H and O–H groups in total. The molecule has 0 saturated heterocycles. The van der Waals surface area contributed by atoms with E-state index < -0.39 is 0 Å². The van der Waals surface area contributed by atoms with E-state index in [-0.39, 0.29) is 0 Å². The van der Waals surface area contributed by atoms with E-state index in [4.69, 9.17) is 0 Å². The normalized spacial score (nSPS) is 21.0. The van der Waals surface area contributed by atoms with Crippen molar-refractivity contribution in [2.75, 3.05) is 0 Å². The van der Waals surface area contributed by atoms with Crippen molar-refractivity contribution in [1.82, 2.24) is 5.32 Å². The van der Waals surface area contributed by atoms with Crippen LogP contribution in [0.1, 0.15) is 56.3 Å². The fourth-order valence-corrected chi connectivity index (χ4v) is 2.52. The first-order valence-electron chi connectivity index (χ1n) is 6.75. The highest BCUT2D eigenvalue weighted by atomic mass is 15.0. The Labute approximate surface area is 106 Å². The molecule has 2 unspecified atom stereocenters. The molecule has 1 heteroatoms. The molecule has 0 amide bonds. The molecule has 0 aliphatic heterocycles. The van der Waals surface area contributed by atoms with Gasteiger partial charge in [-0.3, -0.25) is 0 Å². The zero-order valence-electron chi connectivity index (χ0n) is 11.8. The van der Waals surface area contributed by atoms with E-state index in [2.05, 4.69) is 58.1 Å². The molecule has 1 aromatic rings. The number of rotatable bonds is 4. The van der Waals surface area contributed by atoms with Crippen molar-refractivity contribution in [3.63, 3.8) is 0 Å². The minimum absolute atomic E-state index is 0.447. The van der Waals surface area contributed by atoms with E-state index in [1.54, 1.807) is 0 Å². The van der Waals surface area contributed by atoms with Gasteiger partial charge in [-0.1, -0.05) is 30.7 Å². The van der Waals surface area contributed by atoms with Gasteiger partial charge in [0, 0.05) is 12.1 Å². The van der Waals surface area contributed by atoms with Crippen molar-refractivity contribution in [1.29, 1.82) is 0 Å². The first kappa shape index (κ1) is 12.6. The van der Waals surface area contributed by atoms with Crippen molar-refractivity contribution < 1.29 is 0 Å². The van der Waals surface area contributed by atoms with Gasteiger partial charge in [0.25, 0.3) is 0 Å². The second kappa shape index (κ2) is 4.45. The number of benzene rings is 1. The molecule has 17 heavy (non-hydrogen) atoms. The highest BCUT2D eigenvalue weighted by Gasteiger charge is 2.42. The summed E-state index contributed by atoms with van der Waals surface area (Å²) in [6.07, 6.45) is 2.75. The van der Waals surface area contributed by atoms with Gasteiger partial charge in [0.2, 0.25) is 0 Å². The summed E-state index contributed by atoms with van der Waals surface area (Å²) in [5.74, 6) is 0. The van der Waals surface area contributed by atoms with Crippen LogP contribution in [0.2, 0.25) is 0 Å². The number of hydrogen-bond donors (Lipinski definition) is 1. The average molecular weight is 231 g/mol. The third kappa shape index (κ3) is 2.71. The maximum atomic E-state index is 3.77. The lowest BCUT2D eigenvalue weighted by molar-refractivity contribution is 0.350. The molecule has 94 valence electrons. The van der Waals surface area contributed by atoms with Crippen molar-refractivity contribution >= 4 is 0 Å². The van der Waals surface area contributed by atoms with Crippen molar-refractivity contribution in [2.24, 2.45) is 5.41 Å². The molecule has 0 heterocycles. The first-order chi connectivity index (χ1) is 7.92. The molecule has 1 aromatic carbocycles. The maximum absolute atomic E-state index is 3.77. The Hall–Kier alpha value is -0.820. The molecular formula is C16H25N. The Morgan fingerprint density at radius 2 is 1.82 bits per heavy atom. The van der Waals surface area contributed by atoms with Crippen LogP contribution in [-0.2, 0) is 0 Å². The summed E-state index contributed by atoms with van der Waals surface area (Å²) in [6, 6.07) is 7.79. The van der Waals surface area contributed by atoms with E-state index in [0.717, 1.165) is 0 Å². The predicted octanol–water partition coefficient (Wildman–Crippen LogP) is 4.14. The minimum atomic E-state index is 0.447. The lowest BCUT2D eigenvalue weighted by Crippen LogP contribution is -2.35.